The smallest absolute Gasteiger partial charge is 0.435 e. The van der Waals surface area contributed by atoms with Crippen molar-refractivity contribution < 1.29 is 18.7 Å². The highest BCUT2D eigenvalue weighted by atomic mass is 32.1. The maximum Gasteiger partial charge on any atom is 0.435 e. The summed E-state index contributed by atoms with van der Waals surface area (Å²) in [7, 11) is 0. The molecule has 2 aromatic heterocycles. The summed E-state index contributed by atoms with van der Waals surface area (Å²) in [6, 6.07) is 0.299. The predicted octanol–water partition coefficient (Wildman–Crippen LogP) is 5.15. The fourth-order valence-electron chi connectivity index (χ4n) is 4.69. The van der Waals surface area contributed by atoms with Crippen LogP contribution in [-0.4, -0.2) is 44.4 Å². The highest BCUT2D eigenvalue weighted by Crippen LogP contribution is 2.39. The van der Waals surface area contributed by atoms with Gasteiger partial charge in [0, 0.05) is 23.7 Å². The number of ether oxygens (including phenoxy) is 1. The molecule has 6 nitrogen and oxygen atoms in total. The number of hydrogen-bond acceptors (Lipinski definition) is 5. The van der Waals surface area contributed by atoms with Crippen molar-refractivity contribution in [3.63, 3.8) is 0 Å². The van der Waals surface area contributed by atoms with Crippen molar-refractivity contribution in [1.29, 1.82) is 0 Å². The number of aromatic nitrogens is 2. The second-order valence-corrected chi connectivity index (χ2v) is 10.8. The van der Waals surface area contributed by atoms with E-state index in [1.165, 1.54) is 16.0 Å². The van der Waals surface area contributed by atoms with Crippen molar-refractivity contribution in [1.82, 2.24) is 14.7 Å². The summed E-state index contributed by atoms with van der Waals surface area (Å²) in [5.41, 5.74) is 2.83. The third kappa shape index (κ3) is 4.00. The number of allylic oxidation sites excluding steroid dienone is 1. The van der Waals surface area contributed by atoms with Gasteiger partial charge in [0.15, 0.2) is 0 Å². The Morgan fingerprint density at radius 3 is 2.72 bits per heavy atom. The Labute approximate surface area is 191 Å². The molecule has 2 aromatic rings. The van der Waals surface area contributed by atoms with E-state index in [1.54, 1.807) is 12.3 Å². The molecule has 0 radical (unpaired) electrons. The van der Waals surface area contributed by atoms with E-state index in [4.69, 9.17) is 4.74 Å². The Kier molecular flexibility index (Phi) is 5.23. The molecular formula is C24H28FN3O3S. The number of fused-ring (bicyclic) bond motifs is 2. The lowest BCUT2D eigenvalue weighted by Crippen LogP contribution is -2.45. The highest BCUT2D eigenvalue weighted by molar-refractivity contribution is 7.11. The quantitative estimate of drug-likeness (QED) is 0.640. The number of aryl methyl sites for hydroxylation is 1. The summed E-state index contributed by atoms with van der Waals surface area (Å²) in [5, 5.41) is 6.27. The van der Waals surface area contributed by atoms with Crippen molar-refractivity contribution in [3.8, 4) is 0 Å². The van der Waals surface area contributed by atoms with Crippen LogP contribution >= 0.6 is 11.3 Å². The molecule has 2 heterocycles. The molecule has 3 aliphatic rings. The second kappa shape index (κ2) is 7.83. The Bertz CT molecular complexity index is 1110. The van der Waals surface area contributed by atoms with Gasteiger partial charge in [-0.15, -0.1) is 11.3 Å². The predicted molar refractivity (Wildman–Crippen MR) is 121 cm³/mol. The average Bonchev–Trinajstić information content (AvgIpc) is 3.29. The van der Waals surface area contributed by atoms with Crippen molar-refractivity contribution in [2.75, 3.05) is 0 Å². The molecule has 5 rings (SSSR count). The summed E-state index contributed by atoms with van der Waals surface area (Å²) >= 11 is 1.33. The van der Waals surface area contributed by atoms with E-state index >= 15 is 0 Å². The number of amides is 1. The topological polar surface area (TPSA) is 64.4 Å². The lowest BCUT2D eigenvalue weighted by Gasteiger charge is -2.34. The van der Waals surface area contributed by atoms with E-state index in [0.29, 0.717) is 36.1 Å². The van der Waals surface area contributed by atoms with Crippen LogP contribution in [0.4, 0.5) is 9.18 Å². The molecule has 1 amide bonds. The van der Waals surface area contributed by atoms with E-state index in [0.717, 1.165) is 36.1 Å². The van der Waals surface area contributed by atoms with Gasteiger partial charge < -0.3 is 9.64 Å². The standard InChI is InChI=1S/C24H28FN3O3S/c1-24(2,3)31-23(30)27-12-14-11-16(9-10-20(14)26-27)28(15-7-8-15)22(29)18-13-32-21-17(18)5-4-6-19(21)25/h6,12-13,15-16H,4-5,7-11H2,1-3H3. The van der Waals surface area contributed by atoms with Gasteiger partial charge in [-0.1, -0.05) is 0 Å². The maximum atomic E-state index is 14.2. The van der Waals surface area contributed by atoms with Crippen LogP contribution in [0.15, 0.2) is 17.7 Å². The van der Waals surface area contributed by atoms with Crippen LogP contribution in [0.2, 0.25) is 0 Å². The summed E-state index contributed by atoms with van der Waals surface area (Å²) in [6.45, 7) is 5.48. The minimum Gasteiger partial charge on any atom is -0.442 e. The summed E-state index contributed by atoms with van der Waals surface area (Å²) in [5.74, 6) is -0.183. The number of rotatable bonds is 3. The van der Waals surface area contributed by atoms with E-state index < -0.39 is 11.7 Å². The third-order valence-electron chi connectivity index (χ3n) is 6.25. The first-order chi connectivity index (χ1) is 15.2. The molecule has 0 bridgehead atoms. The SMILES string of the molecule is CC(C)(C)OC(=O)n1cc2c(n1)CCC(N(C(=O)c1csc3c1CCC=C3F)C1CC1)C2. The second-order valence-electron chi connectivity index (χ2n) is 9.91. The lowest BCUT2D eigenvalue weighted by molar-refractivity contribution is 0.0513. The highest BCUT2D eigenvalue weighted by Gasteiger charge is 2.41. The maximum absolute atomic E-state index is 14.2. The molecule has 1 saturated carbocycles. The van der Waals surface area contributed by atoms with Crippen molar-refractivity contribution in [2.24, 2.45) is 0 Å². The van der Waals surface area contributed by atoms with Crippen molar-refractivity contribution in [2.45, 2.75) is 83.4 Å². The van der Waals surface area contributed by atoms with Gasteiger partial charge in [-0.25, -0.2) is 9.18 Å². The van der Waals surface area contributed by atoms with E-state index in [2.05, 4.69) is 5.10 Å². The largest absolute Gasteiger partial charge is 0.442 e. The zero-order chi connectivity index (χ0) is 22.6. The Balaban J connectivity index is 1.37. The van der Waals surface area contributed by atoms with Crippen molar-refractivity contribution >= 4 is 29.2 Å². The molecule has 0 saturated heterocycles. The number of halogens is 1. The Morgan fingerprint density at radius 1 is 1.22 bits per heavy atom. The molecule has 0 aromatic carbocycles. The van der Waals surface area contributed by atoms with Gasteiger partial charge in [0.1, 0.15) is 11.4 Å². The molecule has 0 aliphatic heterocycles. The van der Waals surface area contributed by atoms with Gasteiger partial charge in [0.2, 0.25) is 0 Å². The molecule has 1 atom stereocenters. The molecule has 0 N–H and O–H groups in total. The fraction of sp³-hybridized carbons (Fsp3) is 0.542. The van der Waals surface area contributed by atoms with Gasteiger partial charge in [-0.05, 0) is 82.9 Å². The number of hydrogen-bond donors (Lipinski definition) is 0. The van der Waals surface area contributed by atoms with Crippen LogP contribution < -0.4 is 0 Å². The minimum absolute atomic E-state index is 0.0210. The summed E-state index contributed by atoms with van der Waals surface area (Å²) in [6.07, 6.45) is 8.42. The van der Waals surface area contributed by atoms with Crippen LogP contribution in [0.1, 0.15) is 78.5 Å². The molecule has 1 unspecified atom stereocenters. The lowest BCUT2D eigenvalue weighted by atomic mass is 9.91. The van der Waals surface area contributed by atoms with E-state index in [-0.39, 0.29) is 23.8 Å². The van der Waals surface area contributed by atoms with Crippen LogP contribution in [0, 0.1) is 0 Å². The first-order valence-corrected chi connectivity index (χ1v) is 12.2. The van der Waals surface area contributed by atoms with Gasteiger partial charge in [0.05, 0.1) is 16.1 Å². The average molecular weight is 458 g/mol. The monoisotopic (exact) mass is 457 g/mol. The number of nitrogens with zero attached hydrogens (tertiary/aromatic N) is 3. The Hall–Kier alpha value is -2.48. The molecule has 170 valence electrons. The summed E-state index contributed by atoms with van der Waals surface area (Å²) < 4.78 is 20.9. The third-order valence-corrected chi connectivity index (χ3v) is 7.29. The number of carbonyl (C=O) groups excluding carboxylic acids is 2. The van der Waals surface area contributed by atoms with Crippen LogP contribution in [0.3, 0.4) is 0 Å². The number of carbonyl (C=O) groups is 2. The van der Waals surface area contributed by atoms with Gasteiger partial charge in [0.25, 0.3) is 5.91 Å². The zero-order valence-corrected chi connectivity index (χ0v) is 19.5. The minimum atomic E-state index is -0.588. The van der Waals surface area contributed by atoms with Gasteiger partial charge in [-0.2, -0.15) is 9.78 Å². The summed E-state index contributed by atoms with van der Waals surface area (Å²) in [4.78, 5) is 28.7. The normalized spacial score (nSPS) is 20.2. The molecule has 0 spiro atoms. The van der Waals surface area contributed by atoms with Crippen molar-refractivity contribution in [3.05, 3.63) is 44.9 Å². The number of thiophene rings is 1. The molecular weight excluding hydrogens is 429 g/mol. The molecule has 1 fully saturated rings. The van der Waals surface area contributed by atoms with Crippen LogP contribution in [0.5, 0.6) is 0 Å². The zero-order valence-electron chi connectivity index (χ0n) is 18.7. The molecule has 3 aliphatic carbocycles. The fourth-order valence-corrected chi connectivity index (χ4v) is 5.72. The van der Waals surface area contributed by atoms with E-state index in [9.17, 15) is 14.0 Å². The molecule has 32 heavy (non-hydrogen) atoms. The van der Waals surface area contributed by atoms with E-state index in [1.807, 2.05) is 31.1 Å². The first-order valence-electron chi connectivity index (χ1n) is 11.3. The Morgan fingerprint density at radius 2 is 2.00 bits per heavy atom. The van der Waals surface area contributed by atoms with Gasteiger partial charge in [-0.3, -0.25) is 4.79 Å². The van der Waals surface area contributed by atoms with Gasteiger partial charge >= 0.3 is 6.09 Å². The van der Waals surface area contributed by atoms with Crippen LogP contribution in [0.25, 0.3) is 5.83 Å². The van der Waals surface area contributed by atoms with Crippen LogP contribution in [-0.2, 0) is 24.0 Å². The molecule has 8 heteroatoms. The first kappa shape index (κ1) is 21.4.